The van der Waals surface area contributed by atoms with Crippen LogP contribution < -0.4 is 10.6 Å². The van der Waals surface area contributed by atoms with Crippen LogP contribution in [0.4, 0.5) is 19.3 Å². The van der Waals surface area contributed by atoms with Gasteiger partial charge in [0.15, 0.2) is 5.76 Å². The highest BCUT2D eigenvalue weighted by molar-refractivity contribution is 5.96. The maximum atomic E-state index is 13.6. The van der Waals surface area contributed by atoms with Crippen molar-refractivity contribution in [3.05, 3.63) is 65.9 Å². The third kappa shape index (κ3) is 4.27. The van der Waals surface area contributed by atoms with Gasteiger partial charge >= 0.3 is 6.03 Å². The molecule has 6 nitrogen and oxygen atoms in total. The van der Waals surface area contributed by atoms with Crippen molar-refractivity contribution in [3.63, 3.8) is 0 Å². The zero-order valence-corrected chi connectivity index (χ0v) is 16.2. The molecule has 4 rings (SSSR count). The smallest absolute Gasteiger partial charge is 0.319 e. The predicted molar refractivity (Wildman–Crippen MR) is 108 cm³/mol. The van der Waals surface area contributed by atoms with E-state index in [1.54, 1.807) is 11.0 Å². The molecule has 0 saturated carbocycles. The summed E-state index contributed by atoms with van der Waals surface area (Å²) in [6.07, 6.45) is 1.42. The minimum absolute atomic E-state index is 0.148. The summed E-state index contributed by atoms with van der Waals surface area (Å²) in [6, 6.07) is 11.9. The van der Waals surface area contributed by atoms with Crippen LogP contribution in [0.25, 0.3) is 11.0 Å². The lowest BCUT2D eigenvalue weighted by Crippen LogP contribution is -2.42. The number of rotatable bonds is 4. The molecule has 1 saturated heterocycles. The number of nitrogens with one attached hydrogen (secondary N) is 2. The largest absolute Gasteiger partial charge is 0.451 e. The van der Waals surface area contributed by atoms with E-state index in [4.69, 9.17) is 4.42 Å². The van der Waals surface area contributed by atoms with Crippen molar-refractivity contribution >= 4 is 28.6 Å². The highest BCUT2D eigenvalue weighted by Gasteiger charge is 2.26. The fourth-order valence-electron chi connectivity index (χ4n) is 3.60. The van der Waals surface area contributed by atoms with Gasteiger partial charge in [-0.15, -0.1) is 0 Å². The number of urea groups is 1. The zero-order chi connectivity index (χ0) is 21.1. The van der Waals surface area contributed by atoms with Gasteiger partial charge in [-0.05, 0) is 43.0 Å². The van der Waals surface area contributed by atoms with Crippen molar-refractivity contribution in [3.8, 4) is 0 Å². The predicted octanol–water partition coefficient (Wildman–Crippen LogP) is 4.38. The van der Waals surface area contributed by atoms with Gasteiger partial charge in [0.1, 0.15) is 22.9 Å². The third-order valence-corrected chi connectivity index (χ3v) is 5.29. The molecule has 2 aromatic carbocycles. The number of benzene rings is 2. The number of halogens is 2. The SMILES string of the molecule is O=C(NCC1CCN(C(=O)c2cc3ccccc3o2)CC1)Nc1c(F)cccc1F. The summed E-state index contributed by atoms with van der Waals surface area (Å²) >= 11 is 0. The molecular weight excluding hydrogens is 392 g/mol. The average Bonchev–Trinajstić information content (AvgIpc) is 3.19. The molecule has 0 radical (unpaired) electrons. The van der Waals surface area contributed by atoms with Gasteiger partial charge in [0.05, 0.1) is 0 Å². The second-order valence-electron chi connectivity index (χ2n) is 7.32. The van der Waals surface area contributed by atoms with Crippen LogP contribution in [-0.4, -0.2) is 36.5 Å². The van der Waals surface area contributed by atoms with Gasteiger partial charge in [-0.1, -0.05) is 24.3 Å². The molecule has 1 aliphatic heterocycles. The Balaban J connectivity index is 1.26. The highest BCUT2D eigenvalue weighted by Crippen LogP contribution is 2.23. The highest BCUT2D eigenvalue weighted by atomic mass is 19.1. The molecule has 2 N–H and O–H groups in total. The minimum Gasteiger partial charge on any atom is -0.451 e. The number of carbonyl (C=O) groups excluding carboxylic acids is 2. The van der Waals surface area contributed by atoms with Crippen molar-refractivity contribution in [1.29, 1.82) is 0 Å². The Labute approximate surface area is 171 Å². The van der Waals surface area contributed by atoms with Crippen molar-refractivity contribution in [1.82, 2.24) is 10.2 Å². The second-order valence-corrected chi connectivity index (χ2v) is 7.32. The third-order valence-electron chi connectivity index (χ3n) is 5.29. The molecule has 0 atom stereocenters. The summed E-state index contributed by atoms with van der Waals surface area (Å²) in [6.45, 7) is 1.45. The van der Waals surface area contributed by atoms with Crippen LogP contribution in [0.15, 0.2) is 52.9 Å². The summed E-state index contributed by atoms with van der Waals surface area (Å²) in [5, 5.41) is 5.73. The van der Waals surface area contributed by atoms with E-state index in [1.807, 2.05) is 24.3 Å². The van der Waals surface area contributed by atoms with Crippen LogP contribution in [0, 0.1) is 17.6 Å². The number of nitrogens with zero attached hydrogens (tertiary/aromatic N) is 1. The molecule has 3 aromatic rings. The fourth-order valence-corrected chi connectivity index (χ4v) is 3.60. The van der Waals surface area contributed by atoms with Crippen LogP contribution in [-0.2, 0) is 0 Å². The van der Waals surface area contributed by atoms with Gasteiger partial charge in [-0.25, -0.2) is 13.6 Å². The Kier molecular flexibility index (Phi) is 5.65. The summed E-state index contributed by atoms with van der Waals surface area (Å²) in [4.78, 5) is 26.4. The van der Waals surface area contributed by atoms with Gasteiger partial charge in [-0.3, -0.25) is 4.79 Å². The van der Waals surface area contributed by atoms with Gasteiger partial charge in [-0.2, -0.15) is 0 Å². The monoisotopic (exact) mass is 413 g/mol. The Bertz CT molecular complexity index is 1020. The van der Waals surface area contributed by atoms with E-state index in [0.717, 1.165) is 17.5 Å². The van der Waals surface area contributed by atoms with Crippen molar-refractivity contribution in [2.24, 2.45) is 5.92 Å². The lowest BCUT2D eigenvalue weighted by atomic mass is 9.96. The molecule has 8 heteroatoms. The zero-order valence-electron chi connectivity index (χ0n) is 16.2. The first-order valence-corrected chi connectivity index (χ1v) is 9.78. The standard InChI is InChI=1S/C22H21F2N3O3/c23-16-5-3-6-17(24)20(16)26-22(29)25-13-14-8-10-27(11-9-14)21(28)19-12-15-4-1-2-7-18(15)30-19/h1-7,12,14H,8-11,13H2,(H2,25,26,29). The summed E-state index contributed by atoms with van der Waals surface area (Å²) in [5.74, 6) is -1.32. The number of fused-ring (bicyclic) bond motifs is 1. The number of para-hydroxylation sites is 2. The van der Waals surface area contributed by atoms with E-state index in [9.17, 15) is 18.4 Å². The van der Waals surface area contributed by atoms with Crippen molar-refractivity contribution < 1.29 is 22.8 Å². The number of likely N-dealkylation sites (tertiary alicyclic amines) is 1. The summed E-state index contributed by atoms with van der Waals surface area (Å²) in [5.41, 5.74) is 0.207. The number of amides is 3. The number of hydrogen-bond acceptors (Lipinski definition) is 3. The Morgan fingerprint density at radius 2 is 1.73 bits per heavy atom. The van der Waals surface area contributed by atoms with Crippen LogP contribution in [0.2, 0.25) is 0 Å². The second kappa shape index (κ2) is 8.52. The van der Waals surface area contributed by atoms with E-state index >= 15 is 0 Å². The first-order chi connectivity index (χ1) is 14.5. The molecule has 1 aromatic heterocycles. The molecule has 2 heterocycles. The molecule has 0 unspecified atom stereocenters. The molecule has 156 valence electrons. The Morgan fingerprint density at radius 3 is 2.43 bits per heavy atom. The van der Waals surface area contributed by atoms with E-state index < -0.39 is 23.4 Å². The van der Waals surface area contributed by atoms with Crippen molar-refractivity contribution in [2.45, 2.75) is 12.8 Å². The van der Waals surface area contributed by atoms with Gasteiger partial charge in [0.2, 0.25) is 0 Å². The van der Waals surface area contributed by atoms with Crippen LogP contribution in [0.3, 0.4) is 0 Å². The van der Waals surface area contributed by atoms with Gasteiger partial charge in [0, 0.05) is 25.0 Å². The normalized spacial score (nSPS) is 14.7. The van der Waals surface area contributed by atoms with Gasteiger partial charge in [0.25, 0.3) is 5.91 Å². The van der Waals surface area contributed by atoms with E-state index in [0.29, 0.717) is 43.8 Å². The lowest BCUT2D eigenvalue weighted by molar-refractivity contribution is 0.0661. The number of carbonyl (C=O) groups is 2. The summed E-state index contributed by atoms with van der Waals surface area (Å²) < 4.78 is 32.9. The van der Waals surface area contributed by atoms with Crippen LogP contribution >= 0.6 is 0 Å². The maximum Gasteiger partial charge on any atom is 0.319 e. The number of anilines is 1. The number of piperidine rings is 1. The van der Waals surface area contributed by atoms with Crippen LogP contribution in [0.5, 0.6) is 0 Å². The molecule has 30 heavy (non-hydrogen) atoms. The average molecular weight is 413 g/mol. The first kappa shape index (κ1) is 19.9. The first-order valence-electron chi connectivity index (χ1n) is 9.78. The fraction of sp³-hybridized carbons (Fsp3) is 0.273. The Hall–Kier alpha value is -3.42. The lowest BCUT2D eigenvalue weighted by Gasteiger charge is -2.31. The molecule has 0 aliphatic carbocycles. The molecular formula is C22H21F2N3O3. The number of furan rings is 1. The van der Waals surface area contributed by atoms with Crippen molar-refractivity contribution in [2.75, 3.05) is 25.0 Å². The summed E-state index contributed by atoms with van der Waals surface area (Å²) in [7, 11) is 0. The van der Waals surface area contributed by atoms with Crippen LogP contribution in [0.1, 0.15) is 23.4 Å². The van der Waals surface area contributed by atoms with E-state index in [1.165, 1.54) is 6.07 Å². The molecule has 1 aliphatic rings. The Morgan fingerprint density at radius 1 is 1.03 bits per heavy atom. The quantitative estimate of drug-likeness (QED) is 0.666. The van der Waals surface area contributed by atoms with E-state index in [2.05, 4.69) is 10.6 Å². The number of hydrogen-bond donors (Lipinski definition) is 2. The minimum atomic E-state index is -0.831. The molecule has 1 fully saturated rings. The molecule has 0 spiro atoms. The van der Waals surface area contributed by atoms with E-state index in [-0.39, 0.29) is 11.8 Å². The van der Waals surface area contributed by atoms with Gasteiger partial charge < -0.3 is 20.0 Å². The molecule has 3 amide bonds. The molecule has 0 bridgehead atoms. The maximum absolute atomic E-state index is 13.6. The topological polar surface area (TPSA) is 74.6 Å².